The average molecular weight is 352 g/mol. The number of nitrogens with one attached hydrogen (secondary N) is 1. The van der Waals surface area contributed by atoms with E-state index in [0.717, 1.165) is 53.6 Å². The number of aromatic nitrogens is 2. The highest BCUT2D eigenvalue weighted by Crippen LogP contribution is 2.20. The van der Waals surface area contributed by atoms with E-state index in [-0.39, 0.29) is 5.78 Å². The maximum absolute atomic E-state index is 12.6. The summed E-state index contributed by atoms with van der Waals surface area (Å²) in [5, 5.41) is 0. The molecule has 26 heavy (non-hydrogen) atoms. The fraction of sp³-hybridized carbons (Fsp3) is 0.409. The number of aromatic amines is 1. The number of imidazole rings is 1. The molecule has 0 amide bonds. The van der Waals surface area contributed by atoms with Gasteiger partial charge < -0.3 is 4.98 Å². The highest BCUT2D eigenvalue weighted by Gasteiger charge is 2.16. The molecule has 0 saturated carbocycles. The largest absolute Gasteiger partial charge is 0.342 e. The van der Waals surface area contributed by atoms with E-state index < -0.39 is 0 Å². The Bertz CT molecular complexity index is 881. The lowest BCUT2D eigenvalue weighted by Crippen LogP contribution is -2.09. The maximum atomic E-state index is 12.6. The predicted octanol–water partition coefficient (Wildman–Crippen LogP) is 4.89. The first-order chi connectivity index (χ1) is 12.4. The van der Waals surface area contributed by atoms with Gasteiger partial charge in [-0.1, -0.05) is 18.6 Å². The topological polar surface area (TPSA) is 62.8 Å². The molecule has 1 aromatic carbocycles. The second-order valence-electron chi connectivity index (χ2n) is 6.98. The number of carbonyl (C=O) groups is 2. The highest BCUT2D eigenvalue weighted by atomic mass is 16.1. The minimum atomic E-state index is -0.0215. The third-order valence-corrected chi connectivity index (χ3v) is 4.86. The molecule has 138 valence electrons. The van der Waals surface area contributed by atoms with Gasteiger partial charge in [-0.05, 0) is 75.8 Å². The molecule has 1 aromatic heterocycles. The molecule has 0 atom stereocenters. The number of hydrogen-bond donors (Lipinski definition) is 1. The summed E-state index contributed by atoms with van der Waals surface area (Å²) in [6.45, 7) is 9.50. The summed E-state index contributed by atoms with van der Waals surface area (Å²) in [5.41, 5.74) is 6.13. The van der Waals surface area contributed by atoms with Crippen LogP contribution >= 0.6 is 0 Å². The Kier molecular flexibility index (Phi) is 6.67. The zero-order valence-electron chi connectivity index (χ0n) is 16.4. The van der Waals surface area contributed by atoms with Crippen molar-refractivity contribution in [3.8, 4) is 0 Å². The van der Waals surface area contributed by atoms with Gasteiger partial charge >= 0.3 is 0 Å². The first-order valence-electron chi connectivity index (χ1n) is 9.18. The van der Waals surface area contributed by atoms with Crippen LogP contribution < -0.4 is 0 Å². The van der Waals surface area contributed by atoms with Crippen molar-refractivity contribution in [3.05, 3.63) is 51.9 Å². The lowest BCUT2D eigenvalue weighted by atomic mass is 9.93. The number of allylic oxidation sites excluding steroid dienone is 4. The molecule has 0 saturated heterocycles. The van der Waals surface area contributed by atoms with Gasteiger partial charge in [0.05, 0.1) is 11.0 Å². The van der Waals surface area contributed by atoms with Crippen LogP contribution in [0.3, 0.4) is 0 Å². The number of Topliss-reactive ketones (excluding diaryl/α,β-unsaturated/α-hetero) is 1. The summed E-state index contributed by atoms with van der Waals surface area (Å²) >= 11 is 0. The molecule has 0 spiro atoms. The number of benzene rings is 1. The van der Waals surface area contributed by atoms with Crippen LogP contribution in [0, 0.1) is 0 Å². The van der Waals surface area contributed by atoms with Crippen LogP contribution in [-0.2, 0) is 22.4 Å². The van der Waals surface area contributed by atoms with Crippen molar-refractivity contribution in [3.63, 3.8) is 0 Å². The number of aryl methyl sites for hydroxylation is 2. The Balaban J connectivity index is 2.11. The van der Waals surface area contributed by atoms with Crippen molar-refractivity contribution in [1.29, 1.82) is 0 Å². The van der Waals surface area contributed by atoms with Gasteiger partial charge in [0.15, 0.2) is 5.78 Å². The van der Waals surface area contributed by atoms with Gasteiger partial charge in [-0.2, -0.15) is 0 Å². The summed E-state index contributed by atoms with van der Waals surface area (Å²) < 4.78 is 0. The third kappa shape index (κ3) is 4.57. The smallest absolute Gasteiger partial charge is 0.185 e. The highest BCUT2D eigenvalue weighted by molar-refractivity contribution is 6.10. The van der Waals surface area contributed by atoms with Crippen molar-refractivity contribution in [1.82, 2.24) is 9.97 Å². The molecule has 4 nitrogen and oxygen atoms in total. The Labute approximate surface area is 155 Å². The number of aldehydes is 1. The first kappa shape index (κ1) is 19.8. The summed E-state index contributed by atoms with van der Waals surface area (Å²) in [4.78, 5) is 31.8. The third-order valence-electron chi connectivity index (χ3n) is 4.86. The Morgan fingerprint density at radius 3 is 2.54 bits per heavy atom. The Morgan fingerprint density at radius 2 is 1.92 bits per heavy atom. The SMILES string of the molecule is CCc1ccc2nc(CCC/C(C(=O)C(C)=C(C)C)=C(\C)C=O)[nH]c2c1. The molecule has 2 rings (SSSR count). The van der Waals surface area contributed by atoms with E-state index in [1.54, 1.807) is 6.92 Å². The van der Waals surface area contributed by atoms with Crippen LogP contribution in [0.5, 0.6) is 0 Å². The van der Waals surface area contributed by atoms with Crippen LogP contribution in [0.4, 0.5) is 0 Å². The van der Waals surface area contributed by atoms with E-state index in [1.807, 2.05) is 26.8 Å². The van der Waals surface area contributed by atoms with E-state index in [2.05, 4.69) is 29.0 Å². The first-order valence-corrected chi connectivity index (χ1v) is 9.18. The van der Waals surface area contributed by atoms with Gasteiger partial charge in [0.25, 0.3) is 0 Å². The number of rotatable bonds is 8. The molecule has 2 aromatic rings. The number of H-pyrrole nitrogens is 1. The van der Waals surface area contributed by atoms with Gasteiger partial charge in [0.1, 0.15) is 12.1 Å². The van der Waals surface area contributed by atoms with Gasteiger partial charge in [0, 0.05) is 12.0 Å². The minimum Gasteiger partial charge on any atom is -0.342 e. The van der Waals surface area contributed by atoms with Crippen LogP contribution in [0.2, 0.25) is 0 Å². The summed E-state index contributed by atoms with van der Waals surface area (Å²) in [6, 6.07) is 6.27. The molecule has 0 radical (unpaired) electrons. The van der Waals surface area contributed by atoms with Gasteiger partial charge in [-0.25, -0.2) is 4.98 Å². The maximum Gasteiger partial charge on any atom is 0.185 e. The van der Waals surface area contributed by atoms with Gasteiger partial charge in [-0.15, -0.1) is 0 Å². The quantitative estimate of drug-likeness (QED) is 0.543. The molecule has 1 N–H and O–H groups in total. The van der Waals surface area contributed by atoms with Gasteiger partial charge in [-0.3, -0.25) is 9.59 Å². The molecule has 1 heterocycles. The molecule has 0 aliphatic heterocycles. The molecular weight excluding hydrogens is 324 g/mol. The summed E-state index contributed by atoms with van der Waals surface area (Å²) in [7, 11) is 0. The predicted molar refractivity (Wildman–Crippen MR) is 106 cm³/mol. The second kappa shape index (κ2) is 8.75. The van der Waals surface area contributed by atoms with Crippen LogP contribution in [-0.4, -0.2) is 22.0 Å². The van der Waals surface area contributed by atoms with Crippen LogP contribution in [0.25, 0.3) is 11.0 Å². The number of ketones is 1. The molecule has 0 fully saturated rings. The lowest BCUT2D eigenvalue weighted by Gasteiger charge is -2.10. The molecular formula is C22H28N2O2. The number of hydrogen-bond acceptors (Lipinski definition) is 3. The fourth-order valence-corrected chi connectivity index (χ4v) is 2.89. The number of fused-ring (bicyclic) bond motifs is 1. The Hall–Kier alpha value is -2.49. The standard InChI is InChI=1S/C22H28N2O2/c1-6-17-10-11-19-20(12-17)24-21(23-19)9-7-8-18(15(4)13-25)22(26)16(5)14(2)3/h10-13H,6-9H2,1-5H3,(H,23,24)/b18-15-. The van der Waals surface area contributed by atoms with E-state index in [1.165, 1.54) is 5.56 Å². The number of nitrogens with zero attached hydrogens (tertiary/aromatic N) is 1. The molecule has 0 aliphatic rings. The van der Waals surface area contributed by atoms with E-state index in [4.69, 9.17) is 0 Å². The number of carbonyl (C=O) groups excluding carboxylic acids is 2. The normalized spacial score (nSPS) is 12.0. The van der Waals surface area contributed by atoms with E-state index >= 15 is 0 Å². The lowest BCUT2D eigenvalue weighted by molar-refractivity contribution is -0.113. The van der Waals surface area contributed by atoms with Gasteiger partial charge in [0.2, 0.25) is 0 Å². The van der Waals surface area contributed by atoms with Crippen LogP contribution in [0.15, 0.2) is 40.5 Å². The molecule has 4 heteroatoms. The van der Waals surface area contributed by atoms with Crippen molar-refractivity contribution < 1.29 is 9.59 Å². The zero-order valence-corrected chi connectivity index (χ0v) is 16.4. The van der Waals surface area contributed by atoms with Crippen molar-refractivity contribution in [2.75, 3.05) is 0 Å². The average Bonchev–Trinajstić information content (AvgIpc) is 3.05. The minimum absolute atomic E-state index is 0.0215. The van der Waals surface area contributed by atoms with E-state index in [9.17, 15) is 9.59 Å². The second-order valence-corrected chi connectivity index (χ2v) is 6.98. The zero-order chi connectivity index (χ0) is 19.3. The molecule has 0 bridgehead atoms. The fourth-order valence-electron chi connectivity index (χ4n) is 2.89. The monoisotopic (exact) mass is 352 g/mol. The van der Waals surface area contributed by atoms with Crippen molar-refractivity contribution in [2.45, 2.75) is 60.3 Å². The van der Waals surface area contributed by atoms with E-state index in [0.29, 0.717) is 17.6 Å². The van der Waals surface area contributed by atoms with Crippen LogP contribution in [0.1, 0.15) is 58.8 Å². The van der Waals surface area contributed by atoms with Crippen molar-refractivity contribution >= 4 is 23.1 Å². The van der Waals surface area contributed by atoms with Crippen molar-refractivity contribution in [2.24, 2.45) is 0 Å². The summed E-state index contributed by atoms with van der Waals surface area (Å²) in [5.74, 6) is 0.898. The Morgan fingerprint density at radius 1 is 1.19 bits per heavy atom. The molecule has 0 unspecified atom stereocenters. The molecule has 0 aliphatic carbocycles. The summed E-state index contributed by atoms with van der Waals surface area (Å²) in [6.07, 6.45) is 3.86.